The largest absolute Gasteiger partial charge is 0.355 e. The highest BCUT2D eigenvalue weighted by atomic mass is 35.5. The standard InChI is InChI=1S/C15H18ClN3/c1-11(17)14-4-3-9-18-15(14)19(2)10-12-5-7-13(16)8-6-12/h3-9,11H,10,17H2,1-2H3/t11-/m0/s1. The lowest BCUT2D eigenvalue weighted by Gasteiger charge is -2.22. The normalized spacial score (nSPS) is 12.2. The molecule has 0 bridgehead atoms. The number of hydrogen-bond donors (Lipinski definition) is 1. The first kappa shape index (κ1) is 13.8. The number of rotatable bonds is 4. The summed E-state index contributed by atoms with van der Waals surface area (Å²) in [6.07, 6.45) is 1.79. The number of nitrogens with two attached hydrogens (primary N) is 1. The third-order valence-electron chi connectivity index (χ3n) is 3.00. The molecule has 0 aliphatic heterocycles. The first-order valence-electron chi connectivity index (χ1n) is 6.24. The van der Waals surface area contributed by atoms with Crippen LogP contribution in [-0.4, -0.2) is 12.0 Å². The Balaban J connectivity index is 2.20. The Labute approximate surface area is 119 Å². The summed E-state index contributed by atoms with van der Waals surface area (Å²) in [7, 11) is 2.02. The molecule has 0 amide bonds. The fraction of sp³-hybridized carbons (Fsp3) is 0.267. The summed E-state index contributed by atoms with van der Waals surface area (Å²) in [5, 5.41) is 0.750. The van der Waals surface area contributed by atoms with Gasteiger partial charge in [-0.15, -0.1) is 0 Å². The topological polar surface area (TPSA) is 42.1 Å². The van der Waals surface area contributed by atoms with E-state index < -0.39 is 0 Å². The molecule has 0 spiro atoms. The molecule has 0 fully saturated rings. The zero-order valence-corrected chi connectivity index (χ0v) is 11.9. The lowest BCUT2D eigenvalue weighted by molar-refractivity contribution is 0.788. The quantitative estimate of drug-likeness (QED) is 0.930. The molecule has 0 aliphatic carbocycles. The van der Waals surface area contributed by atoms with E-state index in [1.807, 2.05) is 50.4 Å². The molecule has 0 aliphatic rings. The van der Waals surface area contributed by atoms with E-state index in [1.54, 1.807) is 6.20 Å². The van der Waals surface area contributed by atoms with Crippen molar-refractivity contribution in [3.63, 3.8) is 0 Å². The van der Waals surface area contributed by atoms with E-state index in [0.29, 0.717) is 0 Å². The third kappa shape index (κ3) is 3.46. The minimum atomic E-state index is -0.0311. The summed E-state index contributed by atoms with van der Waals surface area (Å²) in [6.45, 7) is 2.74. The van der Waals surface area contributed by atoms with Crippen LogP contribution in [0, 0.1) is 0 Å². The first-order chi connectivity index (χ1) is 9.08. The van der Waals surface area contributed by atoms with Crippen LogP contribution in [0.3, 0.4) is 0 Å². The highest BCUT2D eigenvalue weighted by Crippen LogP contribution is 2.23. The monoisotopic (exact) mass is 275 g/mol. The van der Waals surface area contributed by atoms with Gasteiger partial charge in [-0.05, 0) is 30.7 Å². The van der Waals surface area contributed by atoms with Crippen LogP contribution in [0.2, 0.25) is 5.02 Å². The van der Waals surface area contributed by atoms with Gasteiger partial charge in [0.1, 0.15) is 5.82 Å². The van der Waals surface area contributed by atoms with Crippen LogP contribution < -0.4 is 10.6 Å². The fourth-order valence-electron chi connectivity index (χ4n) is 2.02. The van der Waals surface area contributed by atoms with Gasteiger partial charge in [0.2, 0.25) is 0 Å². The number of hydrogen-bond acceptors (Lipinski definition) is 3. The molecule has 4 heteroatoms. The molecule has 2 N–H and O–H groups in total. The van der Waals surface area contributed by atoms with Gasteiger partial charge in [-0.1, -0.05) is 29.8 Å². The van der Waals surface area contributed by atoms with Crippen molar-refractivity contribution in [2.75, 3.05) is 11.9 Å². The molecule has 100 valence electrons. The van der Waals surface area contributed by atoms with Crippen LogP contribution in [0.4, 0.5) is 5.82 Å². The van der Waals surface area contributed by atoms with Crippen molar-refractivity contribution >= 4 is 17.4 Å². The average Bonchev–Trinajstić information content (AvgIpc) is 2.41. The van der Waals surface area contributed by atoms with E-state index in [2.05, 4.69) is 9.88 Å². The molecule has 1 atom stereocenters. The maximum atomic E-state index is 5.98. The fourth-order valence-corrected chi connectivity index (χ4v) is 2.15. The number of pyridine rings is 1. The van der Waals surface area contributed by atoms with E-state index >= 15 is 0 Å². The van der Waals surface area contributed by atoms with Gasteiger partial charge in [-0.3, -0.25) is 0 Å². The Kier molecular flexibility index (Phi) is 4.40. The number of halogens is 1. The summed E-state index contributed by atoms with van der Waals surface area (Å²) >= 11 is 5.89. The summed E-state index contributed by atoms with van der Waals surface area (Å²) in [5.41, 5.74) is 8.22. The van der Waals surface area contributed by atoms with E-state index in [9.17, 15) is 0 Å². The maximum absolute atomic E-state index is 5.98. The van der Waals surface area contributed by atoms with Crippen LogP contribution in [-0.2, 0) is 6.54 Å². The minimum absolute atomic E-state index is 0.0311. The first-order valence-corrected chi connectivity index (χ1v) is 6.62. The van der Waals surface area contributed by atoms with Crippen LogP contribution in [0.5, 0.6) is 0 Å². The van der Waals surface area contributed by atoms with Crippen molar-refractivity contribution in [1.82, 2.24) is 4.98 Å². The third-order valence-corrected chi connectivity index (χ3v) is 3.25. The van der Waals surface area contributed by atoms with Crippen molar-refractivity contribution in [3.8, 4) is 0 Å². The second-order valence-corrected chi connectivity index (χ2v) is 5.12. The Bertz CT molecular complexity index is 537. The SMILES string of the molecule is C[C@H](N)c1cccnc1N(C)Cc1ccc(Cl)cc1. The molecule has 1 aromatic heterocycles. The predicted molar refractivity (Wildman–Crippen MR) is 80.4 cm³/mol. The smallest absolute Gasteiger partial charge is 0.133 e. The van der Waals surface area contributed by atoms with Crippen LogP contribution >= 0.6 is 11.6 Å². The number of aromatic nitrogens is 1. The van der Waals surface area contributed by atoms with Crippen LogP contribution in [0.15, 0.2) is 42.6 Å². The van der Waals surface area contributed by atoms with Crippen LogP contribution in [0.25, 0.3) is 0 Å². The molecule has 2 rings (SSSR count). The molecule has 0 saturated carbocycles. The second-order valence-electron chi connectivity index (χ2n) is 4.69. The molecule has 2 aromatic rings. The van der Waals surface area contributed by atoms with Gasteiger partial charge in [0, 0.05) is 36.4 Å². The molecule has 19 heavy (non-hydrogen) atoms. The summed E-state index contributed by atoms with van der Waals surface area (Å²) in [5.74, 6) is 0.924. The Morgan fingerprint density at radius 3 is 2.58 bits per heavy atom. The number of nitrogens with zero attached hydrogens (tertiary/aromatic N) is 2. The lowest BCUT2D eigenvalue weighted by Crippen LogP contribution is -2.21. The maximum Gasteiger partial charge on any atom is 0.133 e. The predicted octanol–water partition coefficient (Wildman–Crippen LogP) is 3.39. The highest BCUT2D eigenvalue weighted by Gasteiger charge is 2.11. The summed E-state index contributed by atoms with van der Waals surface area (Å²) < 4.78 is 0. The van der Waals surface area contributed by atoms with Gasteiger partial charge in [0.25, 0.3) is 0 Å². The van der Waals surface area contributed by atoms with Crippen LogP contribution in [0.1, 0.15) is 24.1 Å². The number of anilines is 1. The van der Waals surface area contributed by atoms with Gasteiger partial charge in [-0.2, -0.15) is 0 Å². The van der Waals surface area contributed by atoms with Gasteiger partial charge in [0.05, 0.1) is 0 Å². The van der Waals surface area contributed by atoms with E-state index in [4.69, 9.17) is 17.3 Å². The molecule has 1 heterocycles. The van der Waals surface area contributed by atoms with Crippen molar-refractivity contribution in [3.05, 3.63) is 58.7 Å². The van der Waals surface area contributed by atoms with Crippen molar-refractivity contribution < 1.29 is 0 Å². The molecular weight excluding hydrogens is 258 g/mol. The Morgan fingerprint density at radius 1 is 1.26 bits per heavy atom. The van der Waals surface area contributed by atoms with Crippen molar-refractivity contribution in [1.29, 1.82) is 0 Å². The molecular formula is C15H18ClN3. The van der Waals surface area contributed by atoms with E-state index in [0.717, 1.165) is 22.9 Å². The summed E-state index contributed by atoms with van der Waals surface area (Å²) in [6, 6.07) is 11.7. The summed E-state index contributed by atoms with van der Waals surface area (Å²) in [4.78, 5) is 6.53. The second kappa shape index (κ2) is 6.04. The van der Waals surface area contributed by atoms with Crippen molar-refractivity contribution in [2.24, 2.45) is 5.73 Å². The van der Waals surface area contributed by atoms with Gasteiger partial charge >= 0.3 is 0 Å². The average molecular weight is 276 g/mol. The lowest BCUT2D eigenvalue weighted by atomic mass is 10.1. The van der Waals surface area contributed by atoms with E-state index in [1.165, 1.54) is 5.56 Å². The molecule has 3 nitrogen and oxygen atoms in total. The zero-order chi connectivity index (χ0) is 13.8. The molecule has 0 radical (unpaired) electrons. The molecule has 1 aromatic carbocycles. The Morgan fingerprint density at radius 2 is 1.95 bits per heavy atom. The number of benzene rings is 1. The minimum Gasteiger partial charge on any atom is -0.355 e. The zero-order valence-electron chi connectivity index (χ0n) is 11.2. The van der Waals surface area contributed by atoms with E-state index in [-0.39, 0.29) is 6.04 Å². The highest BCUT2D eigenvalue weighted by molar-refractivity contribution is 6.30. The van der Waals surface area contributed by atoms with Gasteiger partial charge in [-0.25, -0.2) is 4.98 Å². The van der Waals surface area contributed by atoms with Gasteiger partial charge in [0.15, 0.2) is 0 Å². The molecule has 0 unspecified atom stereocenters. The molecule has 0 saturated heterocycles. The Hall–Kier alpha value is -1.58. The van der Waals surface area contributed by atoms with Crippen molar-refractivity contribution in [2.45, 2.75) is 19.5 Å². The van der Waals surface area contributed by atoms with Gasteiger partial charge < -0.3 is 10.6 Å².